The number of rotatable bonds is 8. The van der Waals surface area contributed by atoms with Crippen LogP contribution in [-0.4, -0.2) is 70.0 Å². The number of allylic oxidation sites excluding steroid dienone is 1. The number of hydrogen-bond acceptors (Lipinski definition) is 5. The van der Waals surface area contributed by atoms with Crippen molar-refractivity contribution >= 4 is 17.5 Å². The number of ether oxygens (including phenoxy) is 1. The van der Waals surface area contributed by atoms with E-state index in [1.54, 1.807) is 13.2 Å². The molecular formula is C30H35N3O2. The molecule has 1 fully saturated rings. The summed E-state index contributed by atoms with van der Waals surface area (Å²) in [7, 11) is 7.94. The lowest BCUT2D eigenvalue weighted by Crippen LogP contribution is -2.45. The summed E-state index contributed by atoms with van der Waals surface area (Å²) in [6.45, 7) is 4.60. The van der Waals surface area contributed by atoms with E-state index in [0.29, 0.717) is 0 Å². The van der Waals surface area contributed by atoms with Crippen LogP contribution in [0.5, 0.6) is 5.75 Å². The third kappa shape index (κ3) is 6.18. The van der Waals surface area contributed by atoms with Gasteiger partial charge in [0.25, 0.3) is 0 Å². The van der Waals surface area contributed by atoms with Gasteiger partial charge in [0.05, 0.1) is 7.11 Å². The number of hydrogen-bond donors (Lipinski definition) is 0. The van der Waals surface area contributed by atoms with Crippen LogP contribution in [0.15, 0.2) is 72.8 Å². The van der Waals surface area contributed by atoms with Crippen molar-refractivity contribution in [2.24, 2.45) is 0 Å². The average Bonchev–Trinajstić information content (AvgIpc) is 2.87. The standard InChI is InChI=1S/C30H35N3O2/c1-31(2)22-24-9-7-8-23(20-24)12-15-29(34)27-14-13-25(26-10-5-6-11-30(26)35-4)21-28(27)33-18-16-32(3)17-19-33/h5-15,20-21H,16-19,22H2,1-4H3. The molecule has 1 aliphatic heterocycles. The molecule has 1 heterocycles. The molecule has 0 spiro atoms. The monoisotopic (exact) mass is 469 g/mol. The van der Waals surface area contributed by atoms with Crippen molar-refractivity contribution in [3.63, 3.8) is 0 Å². The van der Waals surface area contributed by atoms with Crippen molar-refractivity contribution in [3.05, 3.63) is 89.5 Å². The predicted octanol–water partition coefficient (Wildman–Crippen LogP) is 5.07. The molecule has 0 N–H and O–H groups in total. The highest BCUT2D eigenvalue weighted by atomic mass is 16.5. The summed E-state index contributed by atoms with van der Waals surface area (Å²) in [6, 6.07) is 22.5. The van der Waals surface area contributed by atoms with Crippen LogP contribution in [0.3, 0.4) is 0 Å². The number of ketones is 1. The van der Waals surface area contributed by atoms with Crippen molar-refractivity contribution < 1.29 is 9.53 Å². The third-order valence-electron chi connectivity index (χ3n) is 6.40. The van der Waals surface area contributed by atoms with Crippen molar-refractivity contribution in [1.82, 2.24) is 9.80 Å². The Morgan fingerprint density at radius 1 is 0.971 bits per heavy atom. The maximum absolute atomic E-state index is 13.4. The lowest BCUT2D eigenvalue weighted by molar-refractivity contribution is 0.104. The van der Waals surface area contributed by atoms with Gasteiger partial charge in [0.2, 0.25) is 0 Å². The van der Waals surface area contributed by atoms with E-state index < -0.39 is 0 Å². The quantitative estimate of drug-likeness (QED) is 0.340. The van der Waals surface area contributed by atoms with Gasteiger partial charge in [-0.05, 0) is 62.1 Å². The first-order valence-electron chi connectivity index (χ1n) is 12.1. The first-order valence-corrected chi connectivity index (χ1v) is 12.1. The van der Waals surface area contributed by atoms with Gasteiger partial charge >= 0.3 is 0 Å². The largest absolute Gasteiger partial charge is 0.496 e. The molecule has 0 bridgehead atoms. The molecule has 5 nitrogen and oxygen atoms in total. The number of carbonyl (C=O) groups is 1. The summed E-state index contributed by atoms with van der Waals surface area (Å²) in [5.74, 6) is 0.844. The summed E-state index contributed by atoms with van der Waals surface area (Å²) in [5, 5.41) is 0. The fraction of sp³-hybridized carbons (Fsp3) is 0.300. The molecule has 0 radical (unpaired) electrons. The zero-order chi connectivity index (χ0) is 24.8. The zero-order valence-electron chi connectivity index (χ0n) is 21.2. The number of likely N-dealkylation sites (N-methyl/N-ethyl adjacent to an activating group) is 1. The number of piperazine rings is 1. The van der Waals surface area contributed by atoms with Gasteiger partial charge in [-0.25, -0.2) is 0 Å². The van der Waals surface area contributed by atoms with Crippen LogP contribution in [0, 0.1) is 0 Å². The molecule has 0 atom stereocenters. The van der Waals surface area contributed by atoms with Crippen LogP contribution in [-0.2, 0) is 6.54 Å². The van der Waals surface area contributed by atoms with E-state index in [9.17, 15) is 4.79 Å². The molecule has 0 amide bonds. The summed E-state index contributed by atoms with van der Waals surface area (Å²) in [5.41, 5.74) is 6.05. The molecule has 182 valence electrons. The van der Waals surface area contributed by atoms with Crippen LogP contribution in [0.1, 0.15) is 21.5 Å². The molecule has 35 heavy (non-hydrogen) atoms. The van der Waals surface area contributed by atoms with E-state index in [4.69, 9.17) is 4.74 Å². The molecule has 0 saturated carbocycles. The fourth-order valence-corrected chi connectivity index (χ4v) is 4.52. The number of carbonyl (C=O) groups excluding carboxylic acids is 1. The number of methoxy groups -OCH3 is 1. The summed E-state index contributed by atoms with van der Waals surface area (Å²) in [6.07, 6.45) is 3.62. The van der Waals surface area contributed by atoms with Gasteiger partial charge in [0.15, 0.2) is 5.78 Å². The highest BCUT2D eigenvalue weighted by Crippen LogP contribution is 2.34. The average molecular weight is 470 g/mol. The Bertz CT molecular complexity index is 1190. The molecular weight excluding hydrogens is 434 g/mol. The first kappa shape index (κ1) is 24.7. The minimum atomic E-state index is 0.0171. The fourth-order valence-electron chi connectivity index (χ4n) is 4.52. The lowest BCUT2D eigenvalue weighted by Gasteiger charge is -2.35. The molecule has 4 rings (SSSR count). The van der Waals surface area contributed by atoms with Gasteiger partial charge in [-0.1, -0.05) is 54.6 Å². The Hall–Kier alpha value is -3.41. The Morgan fingerprint density at radius 2 is 1.74 bits per heavy atom. The lowest BCUT2D eigenvalue weighted by atomic mass is 9.98. The Balaban J connectivity index is 1.66. The summed E-state index contributed by atoms with van der Waals surface area (Å²) in [4.78, 5) is 20.2. The third-order valence-corrected chi connectivity index (χ3v) is 6.40. The van der Waals surface area contributed by atoms with Crippen molar-refractivity contribution in [3.8, 4) is 16.9 Å². The topological polar surface area (TPSA) is 36.0 Å². The summed E-state index contributed by atoms with van der Waals surface area (Å²) >= 11 is 0. The minimum Gasteiger partial charge on any atom is -0.496 e. The van der Waals surface area contributed by atoms with E-state index in [1.807, 2.05) is 48.5 Å². The van der Waals surface area contributed by atoms with Gasteiger partial charge in [-0.2, -0.15) is 0 Å². The first-order chi connectivity index (χ1) is 16.9. The van der Waals surface area contributed by atoms with Gasteiger partial charge in [-0.15, -0.1) is 0 Å². The second kappa shape index (κ2) is 11.3. The highest BCUT2D eigenvalue weighted by molar-refractivity contribution is 6.11. The van der Waals surface area contributed by atoms with Gasteiger partial charge in [-0.3, -0.25) is 4.79 Å². The molecule has 3 aromatic carbocycles. The molecule has 0 aliphatic carbocycles. The predicted molar refractivity (Wildman–Crippen MR) is 145 cm³/mol. The zero-order valence-corrected chi connectivity index (χ0v) is 21.2. The Kier molecular flexibility index (Phi) is 8.01. The normalized spacial score (nSPS) is 14.6. The number of anilines is 1. The maximum atomic E-state index is 13.4. The van der Waals surface area contributed by atoms with Crippen LogP contribution < -0.4 is 9.64 Å². The van der Waals surface area contributed by atoms with E-state index in [0.717, 1.165) is 66.4 Å². The summed E-state index contributed by atoms with van der Waals surface area (Å²) < 4.78 is 5.60. The van der Waals surface area contributed by atoms with Crippen molar-refractivity contribution in [2.75, 3.05) is 59.3 Å². The van der Waals surface area contributed by atoms with E-state index in [-0.39, 0.29) is 5.78 Å². The molecule has 5 heteroatoms. The Morgan fingerprint density at radius 3 is 2.49 bits per heavy atom. The molecule has 1 saturated heterocycles. The van der Waals surface area contributed by atoms with Gasteiger partial charge in [0.1, 0.15) is 5.75 Å². The van der Waals surface area contributed by atoms with Gasteiger partial charge < -0.3 is 19.4 Å². The highest BCUT2D eigenvalue weighted by Gasteiger charge is 2.21. The number of para-hydroxylation sites is 1. The van der Waals surface area contributed by atoms with E-state index >= 15 is 0 Å². The maximum Gasteiger partial charge on any atom is 0.187 e. The molecule has 0 unspecified atom stereocenters. The smallest absolute Gasteiger partial charge is 0.187 e. The second-order valence-electron chi connectivity index (χ2n) is 9.40. The van der Waals surface area contributed by atoms with E-state index in [1.165, 1.54) is 5.56 Å². The van der Waals surface area contributed by atoms with Crippen LogP contribution in [0.2, 0.25) is 0 Å². The Labute approximate surface area is 209 Å². The van der Waals surface area contributed by atoms with Crippen LogP contribution in [0.4, 0.5) is 5.69 Å². The van der Waals surface area contributed by atoms with E-state index in [2.05, 4.69) is 60.1 Å². The van der Waals surface area contributed by atoms with Crippen molar-refractivity contribution in [1.29, 1.82) is 0 Å². The number of nitrogens with zero attached hydrogens (tertiary/aromatic N) is 3. The molecule has 3 aromatic rings. The van der Waals surface area contributed by atoms with Crippen LogP contribution >= 0.6 is 0 Å². The van der Waals surface area contributed by atoms with Crippen LogP contribution in [0.25, 0.3) is 17.2 Å². The van der Waals surface area contributed by atoms with Crippen molar-refractivity contribution in [2.45, 2.75) is 6.54 Å². The molecule has 1 aliphatic rings. The molecule has 0 aromatic heterocycles. The second-order valence-corrected chi connectivity index (χ2v) is 9.40. The SMILES string of the molecule is COc1ccccc1-c1ccc(C(=O)C=Cc2cccc(CN(C)C)c2)c(N2CCN(C)CC2)c1. The van der Waals surface area contributed by atoms with Gasteiger partial charge in [0, 0.05) is 49.5 Å². The number of benzene rings is 3. The minimum absolute atomic E-state index is 0.0171.